The van der Waals surface area contributed by atoms with Gasteiger partial charge in [-0.25, -0.2) is 0 Å². The van der Waals surface area contributed by atoms with Gasteiger partial charge in [0.15, 0.2) is 0 Å². The number of piperazine rings is 1. The number of amides is 2. The van der Waals surface area contributed by atoms with Gasteiger partial charge in [0.25, 0.3) is 5.91 Å². The predicted octanol–water partition coefficient (Wildman–Crippen LogP) is 1.59. The maximum Gasteiger partial charge on any atom is 0.271 e. The second-order valence-electron chi connectivity index (χ2n) is 8.84. The summed E-state index contributed by atoms with van der Waals surface area (Å²) in [5.74, 6) is 0.168. The molecule has 2 saturated heterocycles. The largest absolute Gasteiger partial charge is 0.339 e. The standard InChI is InChI=1S/C22H33N7O2/c1-15-7-5-6-8-29(15)20(30)14-27-9-11-28(12-10-27)22(31)19-13-18(23-24-19)21-16(2)25-26(4)17(21)3/h13,15H,5-12,14H2,1-4H3,(H,23,24). The van der Waals surface area contributed by atoms with E-state index in [2.05, 4.69) is 27.1 Å². The Balaban J connectivity index is 1.33. The normalized spacial score (nSPS) is 20.3. The van der Waals surface area contributed by atoms with Gasteiger partial charge >= 0.3 is 0 Å². The molecule has 9 nitrogen and oxygen atoms in total. The third-order valence-corrected chi connectivity index (χ3v) is 6.72. The molecule has 1 unspecified atom stereocenters. The highest BCUT2D eigenvalue weighted by atomic mass is 16.2. The second kappa shape index (κ2) is 8.82. The Kier molecular flexibility index (Phi) is 6.13. The maximum atomic E-state index is 13.0. The summed E-state index contributed by atoms with van der Waals surface area (Å²) >= 11 is 0. The molecule has 2 amide bonds. The van der Waals surface area contributed by atoms with E-state index < -0.39 is 0 Å². The first-order valence-corrected chi connectivity index (χ1v) is 11.2. The summed E-state index contributed by atoms with van der Waals surface area (Å²) in [6, 6.07) is 2.15. The minimum atomic E-state index is -0.0476. The monoisotopic (exact) mass is 427 g/mol. The zero-order valence-electron chi connectivity index (χ0n) is 19.0. The van der Waals surface area contributed by atoms with Gasteiger partial charge in [-0.05, 0) is 46.1 Å². The number of aromatic amines is 1. The maximum absolute atomic E-state index is 13.0. The average molecular weight is 428 g/mol. The number of likely N-dealkylation sites (tertiary alicyclic amines) is 1. The minimum absolute atomic E-state index is 0.0476. The highest BCUT2D eigenvalue weighted by molar-refractivity contribution is 5.93. The number of nitrogens with zero attached hydrogens (tertiary/aromatic N) is 6. The zero-order valence-corrected chi connectivity index (χ0v) is 19.0. The van der Waals surface area contributed by atoms with E-state index in [0.29, 0.717) is 44.5 Å². The van der Waals surface area contributed by atoms with E-state index in [-0.39, 0.29) is 11.8 Å². The Labute approximate surface area is 183 Å². The Bertz CT molecular complexity index is 955. The van der Waals surface area contributed by atoms with Crippen LogP contribution >= 0.6 is 0 Å². The highest BCUT2D eigenvalue weighted by Crippen LogP contribution is 2.25. The molecule has 0 aliphatic carbocycles. The lowest BCUT2D eigenvalue weighted by Crippen LogP contribution is -2.53. The fourth-order valence-corrected chi connectivity index (χ4v) is 4.73. The van der Waals surface area contributed by atoms with Crippen LogP contribution in [0.25, 0.3) is 11.3 Å². The van der Waals surface area contributed by atoms with Crippen molar-refractivity contribution < 1.29 is 9.59 Å². The van der Waals surface area contributed by atoms with Gasteiger partial charge in [0.05, 0.1) is 17.9 Å². The summed E-state index contributed by atoms with van der Waals surface area (Å²) in [6.07, 6.45) is 3.40. The molecule has 2 aliphatic heterocycles. The molecule has 0 spiro atoms. The van der Waals surface area contributed by atoms with E-state index in [9.17, 15) is 9.59 Å². The molecule has 0 radical (unpaired) electrons. The molecule has 0 bridgehead atoms. The summed E-state index contributed by atoms with van der Waals surface area (Å²) in [5, 5.41) is 11.7. The average Bonchev–Trinajstić information content (AvgIpc) is 3.32. The molecule has 168 valence electrons. The molecule has 1 atom stereocenters. The lowest BCUT2D eigenvalue weighted by atomic mass is 10.0. The molecule has 1 N–H and O–H groups in total. The lowest BCUT2D eigenvalue weighted by molar-refractivity contribution is -0.136. The van der Waals surface area contributed by atoms with Crippen molar-refractivity contribution in [3.8, 4) is 11.3 Å². The van der Waals surface area contributed by atoms with E-state index in [0.717, 1.165) is 42.0 Å². The van der Waals surface area contributed by atoms with Crippen molar-refractivity contribution in [3.63, 3.8) is 0 Å². The molecular weight excluding hydrogens is 394 g/mol. The fraction of sp³-hybridized carbons (Fsp3) is 0.636. The number of H-pyrrole nitrogens is 1. The van der Waals surface area contributed by atoms with Crippen LogP contribution in [0.4, 0.5) is 0 Å². The van der Waals surface area contributed by atoms with E-state index in [1.165, 1.54) is 6.42 Å². The molecule has 2 aromatic rings. The molecule has 2 aromatic heterocycles. The lowest BCUT2D eigenvalue weighted by Gasteiger charge is -2.38. The Morgan fingerprint density at radius 3 is 2.52 bits per heavy atom. The van der Waals surface area contributed by atoms with Gasteiger partial charge in [-0.15, -0.1) is 0 Å². The summed E-state index contributed by atoms with van der Waals surface area (Å²) in [4.78, 5) is 31.7. The van der Waals surface area contributed by atoms with Gasteiger partial charge < -0.3 is 9.80 Å². The van der Waals surface area contributed by atoms with Crippen LogP contribution in [0, 0.1) is 13.8 Å². The quantitative estimate of drug-likeness (QED) is 0.800. The molecule has 9 heteroatoms. The Hall–Kier alpha value is -2.68. The van der Waals surface area contributed by atoms with E-state index in [1.807, 2.05) is 41.4 Å². The fourth-order valence-electron chi connectivity index (χ4n) is 4.73. The summed E-state index contributed by atoms with van der Waals surface area (Å²) in [5.41, 5.74) is 4.11. The van der Waals surface area contributed by atoms with Crippen molar-refractivity contribution in [1.29, 1.82) is 0 Å². The van der Waals surface area contributed by atoms with Crippen LogP contribution in [-0.4, -0.2) is 91.8 Å². The number of hydrogen-bond donors (Lipinski definition) is 1. The minimum Gasteiger partial charge on any atom is -0.339 e. The van der Waals surface area contributed by atoms with Gasteiger partial charge in [-0.2, -0.15) is 10.2 Å². The van der Waals surface area contributed by atoms with Gasteiger partial charge in [-0.1, -0.05) is 0 Å². The molecule has 31 heavy (non-hydrogen) atoms. The highest BCUT2D eigenvalue weighted by Gasteiger charge is 2.28. The number of aryl methyl sites for hydroxylation is 2. The van der Waals surface area contributed by atoms with Crippen LogP contribution in [0.5, 0.6) is 0 Å². The van der Waals surface area contributed by atoms with Crippen LogP contribution < -0.4 is 0 Å². The summed E-state index contributed by atoms with van der Waals surface area (Å²) < 4.78 is 1.83. The third-order valence-electron chi connectivity index (χ3n) is 6.72. The van der Waals surface area contributed by atoms with Crippen LogP contribution in [-0.2, 0) is 11.8 Å². The van der Waals surface area contributed by atoms with Crippen LogP contribution in [0.15, 0.2) is 6.07 Å². The molecule has 2 aliphatic rings. The topological polar surface area (TPSA) is 90.4 Å². The molecular formula is C22H33N7O2. The Morgan fingerprint density at radius 2 is 1.87 bits per heavy atom. The van der Waals surface area contributed by atoms with Crippen molar-refractivity contribution in [2.24, 2.45) is 7.05 Å². The first kappa shape index (κ1) is 21.5. The van der Waals surface area contributed by atoms with Crippen LogP contribution in [0.2, 0.25) is 0 Å². The van der Waals surface area contributed by atoms with Crippen molar-refractivity contribution in [2.45, 2.75) is 46.1 Å². The number of hydrogen-bond acceptors (Lipinski definition) is 5. The number of piperidine rings is 1. The Morgan fingerprint density at radius 1 is 1.13 bits per heavy atom. The summed E-state index contributed by atoms with van der Waals surface area (Å²) in [6.45, 7) is 10.0. The number of rotatable bonds is 4. The van der Waals surface area contributed by atoms with E-state index >= 15 is 0 Å². The molecule has 0 aromatic carbocycles. The van der Waals surface area contributed by atoms with Gasteiger partial charge in [-0.3, -0.25) is 24.3 Å². The van der Waals surface area contributed by atoms with Crippen molar-refractivity contribution >= 4 is 11.8 Å². The van der Waals surface area contributed by atoms with Gasteiger partial charge in [0, 0.05) is 57.1 Å². The molecule has 2 fully saturated rings. The summed E-state index contributed by atoms with van der Waals surface area (Å²) in [7, 11) is 1.90. The van der Waals surface area contributed by atoms with Crippen molar-refractivity contribution in [3.05, 3.63) is 23.1 Å². The van der Waals surface area contributed by atoms with Gasteiger partial charge in [0.1, 0.15) is 5.69 Å². The molecule has 4 heterocycles. The number of carbonyl (C=O) groups is 2. The first-order valence-electron chi connectivity index (χ1n) is 11.2. The van der Waals surface area contributed by atoms with Crippen LogP contribution in [0.1, 0.15) is 48.1 Å². The number of aromatic nitrogens is 4. The number of nitrogens with one attached hydrogen (secondary N) is 1. The first-order chi connectivity index (χ1) is 14.8. The second-order valence-corrected chi connectivity index (χ2v) is 8.84. The third kappa shape index (κ3) is 4.37. The predicted molar refractivity (Wildman–Crippen MR) is 118 cm³/mol. The van der Waals surface area contributed by atoms with E-state index in [4.69, 9.17) is 0 Å². The van der Waals surface area contributed by atoms with Gasteiger partial charge in [0.2, 0.25) is 5.91 Å². The SMILES string of the molecule is Cc1nn(C)c(C)c1-c1cc(C(=O)N2CCN(CC(=O)N3CCCCC3C)CC2)[nH]n1. The smallest absolute Gasteiger partial charge is 0.271 e. The molecule has 4 rings (SSSR count). The zero-order chi connectivity index (χ0) is 22.1. The van der Waals surface area contributed by atoms with Crippen LogP contribution in [0.3, 0.4) is 0 Å². The van der Waals surface area contributed by atoms with E-state index in [1.54, 1.807) is 0 Å². The number of carbonyl (C=O) groups excluding carboxylic acids is 2. The molecule has 0 saturated carbocycles. The van der Waals surface area contributed by atoms with Crippen molar-refractivity contribution in [2.75, 3.05) is 39.3 Å². The van der Waals surface area contributed by atoms with Crippen molar-refractivity contribution in [1.82, 2.24) is 34.7 Å².